The lowest BCUT2D eigenvalue weighted by Gasteiger charge is -2.10. The highest BCUT2D eigenvalue weighted by atomic mass is 16.5. The first-order chi connectivity index (χ1) is 7.88. The zero-order chi connectivity index (χ0) is 11.6. The van der Waals surface area contributed by atoms with Crippen LogP contribution in [0.2, 0.25) is 0 Å². The molecule has 1 aromatic heterocycles. The summed E-state index contributed by atoms with van der Waals surface area (Å²) < 4.78 is 5.46. The SMILES string of the molecule is C#CCCCCNc1ncccc1OCC. The molecular formula is C13H18N2O. The normalized spacial score (nSPS) is 9.50. The average molecular weight is 218 g/mol. The smallest absolute Gasteiger partial charge is 0.168 e. The lowest BCUT2D eigenvalue weighted by Crippen LogP contribution is -2.05. The molecule has 1 aromatic rings. The van der Waals surface area contributed by atoms with Gasteiger partial charge in [-0.2, -0.15) is 0 Å². The highest BCUT2D eigenvalue weighted by molar-refractivity contribution is 5.49. The summed E-state index contributed by atoms with van der Waals surface area (Å²) in [7, 11) is 0. The van der Waals surface area contributed by atoms with Gasteiger partial charge in [0.15, 0.2) is 11.6 Å². The van der Waals surface area contributed by atoms with Gasteiger partial charge in [-0.1, -0.05) is 0 Å². The highest BCUT2D eigenvalue weighted by Gasteiger charge is 2.01. The first-order valence-electron chi connectivity index (χ1n) is 5.63. The number of pyridine rings is 1. The maximum atomic E-state index is 5.46. The lowest BCUT2D eigenvalue weighted by molar-refractivity contribution is 0.340. The van der Waals surface area contributed by atoms with Crippen LogP contribution in [0.4, 0.5) is 5.82 Å². The van der Waals surface area contributed by atoms with Gasteiger partial charge in [0.1, 0.15) is 0 Å². The van der Waals surface area contributed by atoms with Crippen LogP contribution < -0.4 is 10.1 Å². The summed E-state index contributed by atoms with van der Waals surface area (Å²) in [5, 5.41) is 3.25. The maximum Gasteiger partial charge on any atom is 0.168 e. The number of aromatic nitrogens is 1. The van der Waals surface area contributed by atoms with Gasteiger partial charge in [0.05, 0.1) is 6.61 Å². The largest absolute Gasteiger partial charge is 0.490 e. The number of hydrogen-bond acceptors (Lipinski definition) is 3. The fourth-order valence-electron chi connectivity index (χ4n) is 1.35. The van der Waals surface area contributed by atoms with Crippen LogP contribution >= 0.6 is 0 Å². The minimum Gasteiger partial charge on any atom is -0.490 e. The summed E-state index contributed by atoms with van der Waals surface area (Å²) in [5.41, 5.74) is 0. The average Bonchev–Trinajstić information content (AvgIpc) is 2.31. The van der Waals surface area contributed by atoms with Crippen molar-refractivity contribution in [3.8, 4) is 18.1 Å². The minimum absolute atomic E-state index is 0.650. The quantitative estimate of drug-likeness (QED) is 0.564. The van der Waals surface area contributed by atoms with Gasteiger partial charge in [-0.15, -0.1) is 12.3 Å². The van der Waals surface area contributed by atoms with Crippen molar-refractivity contribution in [2.24, 2.45) is 0 Å². The lowest BCUT2D eigenvalue weighted by atomic mass is 10.2. The van der Waals surface area contributed by atoms with Gasteiger partial charge in [-0.25, -0.2) is 4.98 Å². The Labute approximate surface area is 97.2 Å². The Hall–Kier alpha value is -1.69. The van der Waals surface area contributed by atoms with E-state index in [2.05, 4.69) is 16.2 Å². The Morgan fingerprint density at radius 3 is 3.12 bits per heavy atom. The zero-order valence-corrected chi connectivity index (χ0v) is 9.70. The fraction of sp³-hybridized carbons (Fsp3) is 0.462. The molecule has 0 amide bonds. The van der Waals surface area contributed by atoms with Crippen LogP contribution in [0.1, 0.15) is 26.2 Å². The first kappa shape index (κ1) is 12.4. The molecule has 0 saturated carbocycles. The minimum atomic E-state index is 0.650. The van der Waals surface area contributed by atoms with E-state index in [1.165, 1.54) is 0 Å². The summed E-state index contributed by atoms with van der Waals surface area (Å²) in [6, 6.07) is 3.79. The number of unbranched alkanes of at least 4 members (excludes halogenated alkanes) is 2. The molecule has 86 valence electrons. The van der Waals surface area contributed by atoms with E-state index in [1.807, 2.05) is 19.1 Å². The Kier molecular flexibility index (Phi) is 5.87. The van der Waals surface area contributed by atoms with Gasteiger partial charge >= 0.3 is 0 Å². The monoisotopic (exact) mass is 218 g/mol. The number of nitrogens with one attached hydrogen (secondary N) is 1. The number of anilines is 1. The number of terminal acetylenes is 1. The fourth-order valence-corrected chi connectivity index (χ4v) is 1.35. The van der Waals surface area contributed by atoms with Gasteiger partial charge in [-0.3, -0.25) is 0 Å². The molecule has 0 radical (unpaired) electrons. The van der Waals surface area contributed by atoms with E-state index in [0.29, 0.717) is 6.61 Å². The van der Waals surface area contributed by atoms with Crippen molar-refractivity contribution >= 4 is 5.82 Å². The molecule has 0 unspecified atom stereocenters. The Morgan fingerprint density at radius 1 is 1.50 bits per heavy atom. The zero-order valence-electron chi connectivity index (χ0n) is 9.70. The van der Waals surface area contributed by atoms with E-state index < -0.39 is 0 Å². The van der Waals surface area contributed by atoms with Gasteiger partial charge in [-0.05, 0) is 31.9 Å². The number of rotatable bonds is 7. The van der Waals surface area contributed by atoms with E-state index in [9.17, 15) is 0 Å². The summed E-state index contributed by atoms with van der Waals surface area (Å²) in [6.45, 7) is 3.49. The van der Waals surface area contributed by atoms with Crippen LogP contribution in [-0.4, -0.2) is 18.1 Å². The third-order valence-electron chi connectivity index (χ3n) is 2.11. The van der Waals surface area contributed by atoms with E-state index >= 15 is 0 Å². The Balaban J connectivity index is 2.38. The molecule has 0 bridgehead atoms. The van der Waals surface area contributed by atoms with Crippen molar-refractivity contribution in [2.45, 2.75) is 26.2 Å². The predicted octanol–water partition coefficient (Wildman–Crippen LogP) is 2.70. The molecule has 0 atom stereocenters. The number of ether oxygens (including phenoxy) is 1. The first-order valence-corrected chi connectivity index (χ1v) is 5.63. The van der Waals surface area contributed by atoms with Crippen molar-refractivity contribution < 1.29 is 4.74 Å². The second-order valence-corrected chi connectivity index (χ2v) is 3.37. The van der Waals surface area contributed by atoms with Crippen LogP contribution in [0.3, 0.4) is 0 Å². The molecule has 0 aliphatic heterocycles. The van der Waals surface area contributed by atoms with Crippen LogP contribution in [0.5, 0.6) is 5.75 Å². The summed E-state index contributed by atoms with van der Waals surface area (Å²) in [5.74, 6) is 4.25. The Bertz CT molecular complexity index is 344. The van der Waals surface area contributed by atoms with Crippen molar-refractivity contribution in [1.82, 2.24) is 4.98 Å². The van der Waals surface area contributed by atoms with Gasteiger partial charge in [0.2, 0.25) is 0 Å². The van der Waals surface area contributed by atoms with Gasteiger partial charge in [0.25, 0.3) is 0 Å². The molecule has 0 spiro atoms. The molecule has 0 aliphatic carbocycles. The molecule has 0 aliphatic rings. The van der Waals surface area contributed by atoms with Gasteiger partial charge in [0, 0.05) is 19.2 Å². The molecule has 0 aromatic carbocycles. The molecule has 1 N–H and O–H groups in total. The van der Waals surface area contributed by atoms with Crippen LogP contribution in [-0.2, 0) is 0 Å². The number of hydrogen-bond donors (Lipinski definition) is 1. The van der Waals surface area contributed by atoms with Crippen molar-refractivity contribution in [3.63, 3.8) is 0 Å². The molecule has 0 saturated heterocycles. The van der Waals surface area contributed by atoms with Crippen LogP contribution in [0.15, 0.2) is 18.3 Å². The topological polar surface area (TPSA) is 34.2 Å². The molecule has 16 heavy (non-hydrogen) atoms. The summed E-state index contributed by atoms with van der Waals surface area (Å²) >= 11 is 0. The van der Waals surface area contributed by atoms with Crippen molar-refractivity contribution in [2.75, 3.05) is 18.5 Å². The third kappa shape index (κ3) is 4.22. The molecule has 3 heteroatoms. The van der Waals surface area contributed by atoms with E-state index in [-0.39, 0.29) is 0 Å². The molecule has 3 nitrogen and oxygen atoms in total. The van der Waals surface area contributed by atoms with E-state index in [1.54, 1.807) is 6.20 Å². The molecule has 1 rings (SSSR count). The van der Waals surface area contributed by atoms with E-state index in [4.69, 9.17) is 11.2 Å². The van der Waals surface area contributed by atoms with Crippen LogP contribution in [0.25, 0.3) is 0 Å². The summed E-state index contributed by atoms with van der Waals surface area (Å²) in [4.78, 5) is 4.24. The molecule has 1 heterocycles. The summed E-state index contributed by atoms with van der Waals surface area (Å²) in [6.07, 6.45) is 9.86. The standard InChI is InChI=1S/C13H18N2O/c1-3-5-6-7-10-14-13-12(16-4-2)9-8-11-15-13/h1,8-9,11H,4-7,10H2,2H3,(H,14,15). The Morgan fingerprint density at radius 2 is 2.38 bits per heavy atom. The van der Waals surface area contributed by atoms with Crippen molar-refractivity contribution in [1.29, 1.82) is 0 Å². The van der Waals surface area contributed by atoms with E-state index in [0.717, 1.165) is 37.4 Å². The van der Waals surface area contributed by atoms with Crippen molar-refractivity contribution in [3.05, 3.63) is 18.3 Å². The maximum absolute atomic E-state index is 5.46. The molecule has 0 fully saturated rings. The van der Waals surface area contributed by atoms with Gasteiger partial charge < -0.3 is 10.1 Å². The number of nitrogens with zero attached hydrogens (tertiary/aromatic N) is 1. The highest BCUT2D eigenvalue weighted by Crippen LogP contribution is 2.20. The second kappa shape index (κ2) is 7.58. The predicted molar refractivity (Wildman–Crippen MR) is 66.6 cm³/mol. The van der Waals surface area contributed by atoms with Crippen LogP contribution in [0, 0.1) is 12.3 Å². The third-order valence-corrected chi connectivity index (χ3v) is 2.11. The second-order valence-electron chi connectivity index (χ2n) is 3.37. The molecular weight excluding hydrogens is 200 g/mol.